The van der Waals surface area contributed by atoms with Crippen LogP contribution >= 0.6 is 0 Å². The Hall–Kier alpha value is -1.83. The smallest absolute Gasteiger partial charge is 0.328 e. The highest BCUT2D eigenvalue weighted by Gasteiger charge is 2.40. The first kappa shape index (κ1) is 15.6. The number of hydrogen-bond acceptors (Lipinski definition) is 4. The molecule has 3 amide bonds. The molecule has 2 unspecified atom stereocenters. The van der Waals surface area contributed by atoms with E-state index < -0.39 is 18.0 Å². The lowest BCUT2D eigenvalue weighted by atomic mass is 10.1. The summed E-state index contributed by atoms with van der Waals surface area (Å²) >= 11 is 0. The van der Waals surface area contributed by atoms with Crippen LogP contribution in [-0.4, -0.2) is 76.2 Å². The fraction of sp³-hybridized carbons (Fsp3) is 0.769. The molecule has 21 heavy (non-hydrogen) atoms. The number of nitrogens with zero attached hydrogens (tertiary/aromatic N) is 2. The molecule has 0 aromatic rings. The number of aliphatic hydroxyl groups excluding tert-OH is 1. The van der Waals surface area contributed by atoms with E-state index in [4.69, 9.17) is 5.11 Å². The molecule has 2 heterocycles. The maximum absolute atomic E-state index is 12.6. The minimum Gasteiger partial charge on any atom is -0.480 e. The van der Waals surface area contributed by atoms with Crippen molar-refractivity contribution >= 4 is 17.9 Å². The normalized spacial score (nSPS) is 25.9. The van der Waals surface area contributed by atoms with Crippen LogP contribution in [0.4, 0.5) is 4.79 Å². The lowest BCUT2D eigenvalue weighted by molar-refractivity contribution is -0.144. The molecule has 118 valence electrons. The number of amides is 3. The van der Waals surface area contributed by atoms with Crippen molar-refractivity contribution in [3.05, 3.63) is 0 Å². The second-order valence-electron chi connectivity index (χ2n) is 5.42. The van der Waals surface area contributed by atoms with Gasteiger partial charge in [-0.25, -0.2) is 9.59 Å². The first-order valence-corrected chi connectivity index (χ1v) is 7.22. The first-order chi connectivity index (χ1) is 10.0. The number of likely N-dealkylation sites (tertiary alicyclic amines) is 1. The highest BCUT2D eigenvalue weighted by atomic mass is 16.4. The molecule has 0 bridgehead atoms. The van der Waals surface area contributed by atoms with E-state index in [1.165, 1.54) is 0 Å². The third-order valence-corrected chi connectivity index (χ3v) is 4.03. The lowest BCUT2D eigenvalue weighted by Gasteiger charge is -2.37. The number of hydrogen-bond donors (Lipinski definition) is 3. The predicted molar refractivity (Wildman–Crippen MR) is 72.6 cm³/mol. The lowest BCUT2D eigenvalue weighted by Crippen LogP contribution is -2.62. The van der Waals surface area contributed by atoms with Crippen LogP contribution in [0.3, 0.4) is 0 Å². The second kappa shape index (κ2) is 6.75. The molecule has 2 aliphatic rings. The zero-order valence-electron chi connectivity index (χ0n) is 11.8. The van der Waals surface area contributed by atoms with Crippen LogP contribution in [0.5, 0.6) is 0 Å². The van der Waals surface area contributed by atoms with Crippen molar-refractivity contribution < 1.29 is 24.6 Å². The van der Waals surface area contributed by atoms with Crippen molar-refractivity contribution in [3.8, 4) is 0 Å². The summed E-state index contributed by atoms with van der Waals surface area (Å²) < 4.78 is 0. The van der Waals surface area contributed by atoms with Gasteiger partial charge < -0.3 is 20.4 Å². The minimum absolute atomic E-state index is 0.0177. The SMILES string of the molecule is O=C1CN(C(=O)N2CCCC2CCCO)C(C(=O)O)CN1. The molecule has 0 aromatic heterocycles. The van der Waals surface area contributed by atoms with Crippen LogP contribution in [0.15, 0.2) is 0 Å². The quantitative estimate of drug-likeness (QED) is 0.631. The van der Waals surface area contributed by atoms with Gasteiger partial charge in [0.25, 0.3) is 0 Å². The Bertz CT molecular complexity index is 428. The standard InChI is InChI=1S/C13H21N3O5/c17-6-2-4-9-3-1-5-15(9)13(21)16-8-11(18)14-7-10(16)12(19)20/h9-10,17H,1-8H2,(H,14,18)(H,19,20). The average Bonchev–Trinajstić information content (AvgIpc) is 2.92. The van der Waals surface area contributed by atoms with Gasteiger partial charge in [0.2, 0.25) is 5.91 Å². The molecule has 0 saturated carbocycles. The molecular formula is C13H21N3O5. The number of aliphatic carboxylic acids is 1. The molecule has 2 atom stereocenters. The van der Waals surface area contributed by atoms with Crippen LogP contribution in [-0.2, 0) is 9.59 Å². The molecule has 2 aliphatic heterocycles. The Morgan fingerprint density at radius 3 is 2.76 bits per heavy atom. The van der Waals surface area contributed by atoms with Gasteiger partial charge in [0.05, 0.1) is 0 Å². The van der Waals surface area contributed by atoms with E-state index in [-0.39, 0.29) is 31.6 Å². The summed E-state index contributed by atoms with van der Waals surface area (Å²) in [5.41, 5.74) is 0. The summed E-state index contributed by atoms with van der Waals surface area (Å²) in [6.07, 6.45) is 3.01. The first-order valence-electron chi connectivity index (χ1n) is 7.22. The highest BCUT2D eigenvalue weighted by Crippen LogP contribution is 2.24. The van der Waals surface area contributed by atoms with Gasteiger partial charge in [-0.1, -0.05) is 0 Å². The number of urea groups is 1. The molecule has 8 nitrogen and oxygen atoms in total. The molecule has 3 N–H and O–H groups in total. The van der Waals surface area contributed by atoms with E-state index in [9.17, 15) is 19.5 Å². The van der Waals surface area contributed by atoms with Gasteiger partial charge in [-0.2, -0.15) is 0 Å². The van der Waals surface area contributed by atoms with Crippen LogP contribution in [0.2, 0.25) is 0 Å². The fourth-order valence-corrected chi connectivity index (χ4v) is 2.94. The molecule has 0 aliphatic carbocycles. The molecule has 2 saturated heterocycles. The second-order valence-corrected chi connectivity index (χ2v) is 5.42. The maximum Gasteiger partial charge on any atom is 0.328 e. The van der Waals surface area contributed by atoms with E-state index in [1.54, 1.807) is 4.90 Å². The molecule has 2 fully saturated rings. The van der Waals surface area contributed by atoms with Crippen LogP contribution in [0.25, 0.3) is 0 Å². The van der Waals surface area contributed by atoms with Gasteiger partial charge >= 0.3 is 12.0 Å². The van der Waals surface area contributed by atoms with Crippen molar-refractivity contribution in [3.63, 3.8) is 0 Å². The molecule has 0 spiro atoms. The van der Waals surface area contributed by atoms with Crippen LogP contribution in [0, 0.1) is 0 Å². The summed E-state index contributed by atoms with van der Waals surface area (Å²) in [4.78, 5) is 38.1. The third kappa shape index (κ3) is 3.44. The minimum atomic E-state index is -1.12. The van der Waals surface area contributed by atoms with E-state index in [0.29, 0.717) is 19.4 Å². The summed E-state index contributed by atoms with van der Waals surface area (Å²) in [5.74, 6) is -1.46. The Kier molecular flexibility index (Phi) is 5.00. The third-order valence-electron chi connectivity index (χ3n) is 4.03. The molecular weight excluding hydrogens is 278 g/mol. The topological polar surface area (TPSA) is 110 Å². The number of nitrogens with one attached hydrogen (secondary N) is 1. The summed E-state index contributed by atoms with van der Waals surface area (Å²) in [6.45, 7) is 0.357. The number of carboxylic acid groups (broad SMARTS) is 1. The number of carbonyl (C=O) groups excluding carboxylic acids is 2. The van der Waals surface area contributed by atoms with E-state index in [2.05, 4.69) is 5.32 Å². The predicted octanol–water partition coefficient (Wildman–Crippen LogP) is -0.772. The summed E-state index contributed by atoms with van der Waals surface area (Å²) in [5, 5.41) is 20.6. The van der Waals surface area contributed by atoms with E-state index >= 15 is 0 Å². The zero-order chi connectivity index (χ0) is 15.4. The molecule has 0 aromatic carbocycles. The Labute approximate surface area is 122 Å². The van der Waals surface area contributed by atoms with Gasteiger partial charge in [-0.3, -0.25) is 9.69 Å². The van der Waals surface area contributed by atoms with E-state index in [0.717, 1.165) is 17.7 Å². The Morgan fingerprint density at radius 2 is 2.10 bits per heavy atom. The number of carboxylic acids is 1. The average molecular weight is 299 g/mol. The number of rotatable bonds is 4. The van der Waals surface area contributed by atoms with Crippen molar-refractivity contribution in [2.24, 2.45) is 0 Å². The number of piperazine rings is 1. The van der Waals surface area contributed by atoms with Crippen LogP contribution < -0.4 is 5.32 Å². The molecule has 2 rings (SSSR count). The van der Waals surface area contributed by atoms with Gasteiger partial charge in [-0.05, 0) is 25.7 Å². The van der Waals surface area contributed by atoms with E-state index in [1.807, 2.05) is 0 Å². The Morgan fingerprint density at radius 1 is 1.33 bits per heavy atom. The largest absolute Gasteiger partial charge is 0.480 e. The van der Waals surface area contributed by atoms with Crippen molar-refractivity contribution in [2.75, 3.05) is 26.2 Å². The molecule has 0 radical (unpaired) electrons. The summed E-state index contributed by atoms with van der Waals surface area (Å²) in [7, 11) is 0. The molecule has 8 heteroatoms. The zero-order valence-corrected chi connectivity index (χ0v) is 11.8. The van der Waals surface area contributed by atoms with Gasteiger partial charge in [0.15, 0.2) is 0 Å². The maximum atomic E-state index is 12.6. The van der Waals surface area contributed by atoms with Crippen LogP contribution in [0.1, 0.15) is 25.7 Å². The fourth-order valence-electron chi connectivity index (χ4n) is 2.94. The van der Waals surface area contributed by atoms with Gasteiger partial charge in [-0.15, -0.1) is 0 Å². The van der Waals surface area contributed by atoms with Gasteiger partial charge in [0.1, 0.15) is 12.6 Å². The highest BCUT2D eigenvalue weighted by molar-refractivity contribution is 5.90. The van der Waals surface area contributed by atoms with Crippen molar-refractivity contribution in [1.29, 1.82) is 0 Å². The van der Waals surface area contributed by atoms with Crippen molar-refractivity contribution in [1.82, 2.24) is 15.1 Å². The number of aliphatic hydroxyl groups is 1. The number of carbonyl (C=O) groups is 3. The summed E-state index contributed by atoms with van der Waals surface area (Å²) in [6, 6.07) is -1.39. The van der Waals surface area contributed by atoms with Crippen molar-refractivity contribution in [2.45, 2.75) is 37.8 Å². The Balaban J connectivity index is 2.08. The monoisotopic (exact) mass is 299 g/mol. The van der Waals surface area contributed by atoms with Gasteiger partial charge in [0, 0.05) is 25.7 Å².